The molecule has 0 aliphatic carbocycles. The van der Waals surface area contributed by atoms with Crippen LogP contribution in [0.15, 0.2) is 54.6 Å². The minimum absolute atomic E-state index is 0.0926. The van der Waals surface area contributed by atoms with Gasteiger partial charge in [-0.1, -0.05) is 24.3 Å². The Kier molecular flexibility index (Phi) is 3.34. The maximum atomic E-state index is 12.8. The zero-order valence-corrected chi connectivity index (χ0v) is 15.4. The molecule has 0 saturated heterocycles. The molecule has 3 aromatic rings. The highest BCUT2D eigenvalue weighted by molar-refractivity contribution is 7.79. The number of benzene rings is 3. The molecule has 0 saturated carbocycles. The molecular weight excluding hydrogens is 360 g/mol. The van der Waals surface area contributed by atoms with E-state index in [2.05, 4.69) is 12.6 Å². The van der Waals surface area contributed by atoms with E-state index in [0.717, 1.165) is 22.3 Å². The van der Waals surface area contributed by atoms with Crippen LogP contribution in [0.5, 0.6) is 17.2 Å². The van der Waals surface area contributed by atoms with Crippen molar-refractivity contribution < 1.29 is 19.4 Å². The molecular formula is C22H16O4S. The number of hydrogen-bond donors (Lipinski definition) is 2. The molecule has 2 aliphatic heterocycles. The third-order valence-electron chi connectivity index (χ3n) is 5.19. The van der Waals surface area contributed by atoms with Crippen molar-refractivity contribution in [2.24, 2.45) is 0 Å². The molecule has 1 unspecified atom stereocenters. The second-order valence-corrected chi connectivity index (χ2v) is 7.21. The van der Waals surface area contributed by atoms with Crippen molar-refractivity contribution in [3.05, 3.63) is 88.0 Å². The molecule has 1 N–H and O–H groups in total. The number of phenolic OH excluding ortho intramolecular Hbond substituents is 1. The number of fused-ring (bicyclic) bond motifs is 6. The van der Waals surface area contributed by atoms with Crippen molar-refractivity contribution in [3.8, 4) is 17.2 Å². The van der Waals surface area contributed by atoms with Crippen LogP contribution < -0.4 is 4.74 Å². The SMILES string of the molecule is Cc1ccc2c(c1)Oc1cc(O)ccc1C21OC(=O)c2cc(CS)ccc21. The second-order valence-electron chi connectivity index (χ2n) is 6.89. The van der Waals surface area contributed by atoms with Crippen LogP contribution in [-0.2, 0) is 16.1 Å². The monoisotopic (exact) mass is 376 g/mol. The first-order valence-corrected chi connectivity index (χ1v) is 9.26. The van der Waals surface area contributed by atoms with Gasteiger partial charge >= 0.3 is 5.97 Å². The summed E-state index contributed by atoms with van der Waals surface area (Å²) in [6.07, 6.45) is 0. The fraction of sp³-hybridized carbons (Fsp3) is 0.136. The molecule has 134 valence electrons. The number of carbonyl (C=O) groups is 1. The topological polar surface area (TPSA) is 55.8 Å². The fourth-order valence-electron chi connectivity index (χ4n) is 3.97. The molecule has 4 nitrogen and oxygen atoms in total. The van der Waals surface area contributed by atoms with Gasteiger partial charge in [-0.05, 0) is 42.3 Å². The molecule has 1 atom stereocenters. The fourth-order valence-corrected chi connectivity index (χ4v) is 4.17. The molecule has 0 bridgehead atoms. The zero-order valence-electron chi connectivity index (χ0n) is 14.5. The van der Waals surface area contributed by atoms with Crippen LogP contribution in [-0.4, -0.2) is 11.1 Å². The van der Waals surface area contributed by atoms with E-state index in [1.807, 2.05) is 43.3 Å². The summed E-state index contributed by atoms with van der Waals surface area (Å²) in [7, 11) is 0. The van der Waals surface area contributed by atoms with E-state index in [1.165, 1.54) is 0 Å². The number of ether oxygens (including phenoxy) is 2. The molecule has 5 rings (SSSR count). The Bertz CT molecular complexity index is 1070. The summed E-state index contributed by atoms with van der Waals surface area (Å²) in [5.41, 5.74) is 3.67. The molecule has 3 aromatic carbocycles. The van der Waals surface area contributed by atoms with E-state index in [1.54, 1.807) is 18.2 Å². The summed E-state index contributed by atoms with van der Waals surface area (Å²) >= 11 is 4.31. The molecule has 1 spiro atoms. The first-order chi connectivity index (χ1) is 13.0. The number of thiol groups is 1. The highest BCUT2D eigenvalue weighted by Gasteiger charge is 2.53. The first-order valence-electron chi connectivity index (χ1n) is 8.63. The third-order valence-corrected chi connectivity index (χ3v) is 5.56. The molecule has 2 heterocycles. The lowest BCUT2D eigenvalue weighted by molar-refractivity contribution is 0.0224. The summed E-state index contributed by atoms with van der Waals surface area (Å²) in [5.74, 6) is 1.35. The van der Waals surface area contributed by atoms with Crippen LogP contribution >= 0.6 is 12.6 Å². The summed E-state index contributed by atoms with van der Waals surface area (Å²) < 4.78 is 12.1. The van der Waals surface area contributed by atoms with Gasteiger partial charge < -0.3 is 14.6 Å². The van der Waals surface area contributed by atoms with Gasteiger partial charge in [-0.25, -0.2) is 4.79 Å². The van der Waals surface area contributed by atoms with Crippen LogP contribution in [0, 0.1) is 6.92 Å². The van der Waals surface area contributed by atoms with Gasteiger partial charge in [-0.2, -0.15) is 12.6 Å². The average Bonchev–Trinajstić information content (AvgIpc) is 2.94. The third kappa shape index (κ3) is 2.15. The van der Waals surface area contributed by atoms with Crippen LogP contribution in [0.4, 0.5) is 0 Å². The number of hydrogen-bond acceptors (Lipinski definition) is 5. The van der Waals surface area contributed by atoms with Crippen molar-refractivity contribution in [2.45, 2.75) is 18.3 Å². The number of phenols is 1. The van der Waals surface area contributed by atoms with E-state index in [4.69, 9.17) is 9.47 Å². The summed E-state index contributed by atoms with van der Waals surface area (Å²) in [6.45, 7) is 1.97. The van der Waals surface area contributed by atoms with E-state index < -0.39 is 5.60 Å². The molecule has 0 aromatic heterocycles. The average molecular weight is 376 g/mol. The molecule has 0 radical (unpaired) electrons. The Morgan fingerprint density at radius 1 is 0.963 bits per heavy atom. The molecule has 0 fully saturated rings. The van der Waals surface area contributed by atoms with Crippen LogP contribution in [0.2, 0.25) is 0 Å². The lowest BCUT2D eigenvalue weighted by atomic mass is 9.77. The number of rotatable bonds is 1. The Morgan fingerprint density at radius 3 is 2.44 bits per heavy atom. The van der Waals surface area contributed by atoms with Crippen LogP contribution in [0.1, 0.15) is 38.2 Å². The summed E-state index contributed by atoms with van der Waals surface area (Å²) in [5, 5.41) is 9.94. The Labute approximate surface area is 161 Å². The van der Waals surface area contributed by atoms with Gasteiger partial charge in [-0.15, -0.1) is 0 Å². The van der Waals surface area contributed by atoms with Gasteiger partial charge in [0.25, 0.3) is 0 Å². The van der Waals surface area contributed by atoms with Crippen LogP contribution in [0.3, 0.4) is 0 Å². The van der Waals surface area contributed by atoms with Gasteiger partial charge in [-0.3, -0.25) is 0 Å². The normalized spacial score (nSPS) is 19.1. The van der Waals surface area contributed by atoms with Crippen molar-refractivity contribution in [1.82, 2.24) is 0 Å². The van der Waals surface area contributed by atoms with Gasteiger partial charge in [0.05, 0.1) is 5.56 Å². The standard InChI is InChI=1S/C22H16O4S/c1-12-2-5-17-19(8-12)25-20-10-14(23)4-7-18(20)22(17)16-6-3-13(11-27)9-15(16)21(24)26-22/h2-10,23,27H,11H2,1H3. The Hall–Kier alpha value is -2.92. The Balaban J connectivity index is 1.87. The lowest BCUT2D eigenvalue weighted by Crippen LogP contribution is -2.33. The van der Waals surface area contributed by atoms with Gasteiger partial charge in [0.15, 0.2) is 5.60 Å². The van der Waals surface area contributed by atoms with E-state index in [9.17, 15) is 9.90 Å². The minimum atomic E-state index is -1.09. The predicted molar refractivity (Wildman–Crippen MR) is 104 cm³/mol. The largest absolute Gasteiger partial charge is 0.508 e. The zero-order chi connectivity index (χ0) is 18.8. The highest BCUT2D eigenvalue weighted by Crippen LogP contribution is 2.56. The van der Waals surface area contributed by atoms with E-state index in [0.29, 0.717) is 28.4 Å². The van der Waals surface area contributed by atoms with Crippen molar-refractivity contribution in [2.75, 3.05) is 0 Å². The number of aryl methyl sites for hydroxylation is 1. The van der Waals surface area contributed by atoms with E-state index in [-0.39, 0.29) is 11.7 Å². The molecule has 27 heavy (non-hydrogen) atoms. The van der Waals surface area contributed by atoms with Crippen molar-refractivity contribution >= 4 is 18.6 Å². The molecule has 5 heteroatoms. The number of esters is 1. The number of aromatic hydroxyl groups is 1. The Morgan fingerprint density at radius 2 is 1.67 bits per heavy atom. The quantitative estimate of drug-likeness (QED) is 0.478. The van der Waals surface area contributed by atoms with Crippen LogP contribution in [0.25, 0.3) is 0 Å². The van der Waals surface area contributed by atoms with E-state index >= 15 is 0 Å². The second kappa shape index (κ2) is 5.54. The maximum absolute atomic E-state index is 12.8. The van der Waals surface area contributed by atoms with Crippen molar-refractivity contribution in [1.29, 1.82) is 0 Å². The van der Waals surface area contributed by atoms with Crippen molar-refractivity contribution in [3.63, 3.8) is 0 Å². The lowest BCUT2D eigenvalue weighted by Gasteiger charge is -2.36. The molecule has 0 amide bonds. The predicted octanol–water partition coefficient (Wildman–Crippen LogP) is 4.70. The smallest absolute Gasteiger partial charge is 0.340 e. The van der Waals surface area contributed by atoms with Gasteiger partial charge in [0.2, 0.25) is 0 Å². The summed E-state index contributed by atoms with van der Waals surface area (Å²) in [4.78, 5) is 12.8. The highest BCUT2D eigenvalue weighted by atomic mass is 32.1. The number of carbonyl (C=O) groups excluding carboxylic acids is 1. The summed E-state index contributed by atoms with van der Waals surface area (Å²) in [6, 6.07) is 16.4. The first kappa shape index (κ1) is 16.3. The van der Waals surface area contributed by atoms with Gasteiger partial charge in [0.1, 0.15) is 17.2 Å². The molecule has 2 aliphatic rings. The van der Waals surface area contributed by atoms with Gasteiger partial charge in [0, 0.05) is 28.5 Å². The maximum Gasteiger partial charge on any atom is 0.340 e. The minimum Gasteiger partial charge on any atom is -0.508 e.